The molecule has 2 amide bonds. The standard InChI is InChI=1S/C19H29N3O2/c1-2-11-20-15-8-6-14(7-9-15)13-21-19(23)22-17-4-3-5-18-16(17)10-12-24-18/h6-9,16-18,20H,2-5,10-13H2,1H3,(H2,21,22,23)/t16-,17-,18-/m1/s1. The number of fused-ring (bicyclic) bond motifs is 1. The highest BCUT2D eigenvalue weighted by Crippen LogP contribution is 2.34. The van der Waals surface area contributed by atoms with E-state index in [0.717, 1.165) is 56.5 Å². The summed E-state index contributed by atoms with van der Waals surface area (Å²) >= 11 is 0. The maximum Gasteiger partial charge on any atom is 0.315 e. The molecule has 1 saturated carbocycles. The van der Waals surface area contributed by atoms with E-state index < -0.39 is 0 Å². The van der Waals surface area contributed by atoms with Crippen molar-refractivity contribution in [2.75, 3.05) is 18.5 Å². The number of rotatable bonds is 6. The molecule has 1 aliphatic heterocycles. The molecular formula is C19H29N3O2. The van der Waals surface area contributed by atoms with Crippen LogP contribution < -0.4 is 16.0 Å². The quantitative estimate of drug-likeness (QED) is 0.750. The second-order valence-electron chi connectivity index (χ2n) is 6.85. The third kappa shape index (κ3) is 4.41. The van der Waals surface area contributed by atoms with Crippen molar-refractivity contribution in [3.8, 4) is 0 Å². The van der Waals surface area contributed by atoms with E-state index in [1.54, 1.807) is 0 Å². The van der Waals surface area contributed by atoms with Gasteiger partial charge in [-0.25, -0.2) is 4.79 Å². The Morgan fingerprint density at radius 2 is 2.04 bits per heavy atom. The third-order valence-electron chi connectivity index (χ3n) is 5.08. The lowest BCUT2D eigenvalue weighted by Gasteiger charge is -2.33. The van der Waals surface area contributed by atoms with Gasteiger partial charge in [0.15, 0.2) is 0 Å². The summed E-state index contributed by atoms with van der Waals surface area (Å²) in [6, 6.07) is 8.42. The molecule has 0 bridgehead atoms. The van der Waals surface area contributed by atoms with Crippen molar-refractivity contribution in [1.82, 2.24) is 10.6 Å². The van der Waals surface area contributed by atoms with Gasteiger partial charge in [-0.2, -0.15) is 0 Å². The Kier molecular flexibility index (Phi) is 5.96. The van der Waals surface area contributed by atoms with Gasteiger partial charge in [0.25, 0.3) is 0 Å². The van der Waals surface area contributed by atoms with Crippen LogP contribution in [0.5, 0.6) is 0 Å². The number of carbonyl (C=O) groups is 1. The molecule has 2 aliphatic rings. The largest absolute Gasteiger partial charge is 0.385 e. The highest BCUT2D eigenvalue weighted by Gasteiger charge is 2.38. The number of anilines is 1. The molecule has 3 atom stereocenters. The molecule has 24 heavy (non-hydrogen) atoms. The number of hydrogen-bond donors (Lipinski definition) is 3. The first kappa shape index (κ1) is 17.1. The van der Waals surface area contributed by atoms with Gasteiger partial charge in [-0.1, -0.05) is 19.1 Å². The molecule has 1 aliphatic carbocycles. The molecular weight excluding hydrogens is 302 g/mol. The monoisotopic (exact) mass is 331 g/mol. The average Bonchev–Trinajstić information content (AvgIpc) is 3.09. The van der Waals surface area contributed by atoms with Crippen LogP contribution >= 0.6 is 0 Å². The lowest BCUT2D eigenvalue weighted by Crippen LogP contribution is -2.49. The number of amides is 2. The van der Waals surface area contributed by atoms with Crippen molar-refractivity contribution in [2.45, 2.75) is 57.7 Å². The smallest absolute Gasteiger partial charge is 0.315 e. The van der Waals surface area contributed by atoms with Crippen molar-refractivity contribution in [1.29, 1.82) is 0 Å². The summed E-state index contributed by atoms with van der Waals surface area (Å²) in [7, 11) is 0. The van der Waals surface area contributed by atoms with Crippen LogP contribution in [-0.4, -0.2) is 31.3 Å². The topological polar surface area (TPSA) is 62.4 Å². The fraction of sp³-hybridized carbons (Fsp3) is 0.632. The predicted octanol–water partition coefficient (Wildman–Crippen LogP) is 3.27. The molecule has 0 aromatic heterocycles. The number of hydrogen-bond acceptors (Lipinski definition) is 3. The minimum Gasteiger partial charge on any atom is -0.385 e. The zero-order valence-corrected chi connectivity index (χ0v) is 14.5. The number of urea groups is 1. The van der Waals surface area contributed by atoms with E-state index in [9.17, 15) is 4.79 Å². The normalized spacial score (nSPS) is 25.8. The molecule has 3 N–H and O–H groups in total. The van der Waals surface area contributed by atoms with Gasteiger partial charge in [0.1, 0.15) is 0 Å². The number of nitrogens with one attached hydrogen (secondary N) is 3. The van der Waals surface area contributed by atoms with Crippen molar-refractivity contribution in [2.24, 2.45) is 5.92 Å². The van der Waals surface area contributed by atoms with E-state index >= 15 is 0 Å². The second kappa shape index (κ2) is 8.38. The van der Waals surface area contributed by atoms with Crippen molar-refractivity contribution in [3.05, 3.63) is 29.8 Å². The summed E-state index contributed by atoms with van der Waals surface area (Å²) in [6.07, 6.45) is 5.88. The van der Waals surface area contributed by atoms with Gasteiger partial charge in [0.05, 0.1) is 6.10 Å². The van der Waals surface area contributed by atoms with E-state index in [4.69, 9.17) is 4.74 Å². The first-order chi connectivity index (χ1) is 11.8. The summed E-state index contributed by atoms with van der Waals surface area (Å²) < 4.78 is 5.76. The molecule has 2 fully saturated rings. The molecule has 1 aromatic carbocycles. The van der Waals surface area contributed by atoms with Gasteiger partial charge < -0.3 is 20.7 Å². The van der Waals surface area contributed by atoms with E-state index in [2.05, 4.69) is 47.1 Å². The second-order valence-corrected chi connectivity index (χ2v) is 6.85. The van der Waals surface area contributed by atoms with Crippen molar-refractivity contribution in [3.63, 3.8) is 0 Å². The SMILES string of the molecule is CCCNc1ccc(CNC(=O)N[C@@H]2CCC[C@H]3OCC[C@H]23)cc1. The molecule has 1 saturated heterocycles. The molecule has 132 valence electrons. The van der Waals surface area contributed by atoms with Gasteiger partial charge in [-0.05, 0) is 49.8 Å². The number of benzene rings is 1. The van der Waals surface area contributed by atoms with Crippen LogP contribution in [0.3, 0.4) is 0 Å². The lowest BCUT2D eigenvalue weighted by atomic mass is 9.82. The van der Waals surface area contributed by atoms with Crippen LogP contribution in [0.25, 0.3) is 0 Å². The van der Waals surface area contributed by atoms with E-state index in [-0.39, 0.29) is 12.1 Å². The Morgan fingerprint density at radius 3 is 2.83 bits per heavy atom. The first-order valence-corrected chi connectivity index (χ1v) is 9.25. The summed E-state index contributed by atoms with van der Waals surface area (Å²) in [6.45, 7) is 4.52. The van der Waals surface area contributed by atoms with Crippen molar-refractivity contribution >= 4 is 11.7 Å². The third-order valence-corrected chi connectivity index (χ3v) is 5.08. The van der Waals surface area contributed by atoms with E-state index in [1.807, 2.05) is 0 Å². The van der Waals surface area contributed by atoms with Crippen LogP contribution in [0, 0.1) is 5.92 Å². The van der Waals surface area contributed by atoms with Crippen LogP contribution in [0.4, 0.5) is 10.5 Å². The summed E-state index contributed by atoms with van der Waals surface area (Å²) in [5.41, 5.74) is 2.23. The summed E-state index contributed by atoms with van der Waals surface area (Å²) in [5, 5.41) is 9.49. The van der Waals surface area contributed by atoms with E-state index in [1.165, 1.54) is 0 Å². The molecule has 0 unspecified atom stereocenters. The summed E-state index contributed by atoms with van der Waals surface area (Å²) in [5.74, 6) is 0.494. The summed E-state index contributed by atoms with van der Waals surface area (Å²) in [4.78, 5) is 12.2. The molecule has 0 radical (unpaired) electrons. The Bertz CT molecular complexity index is 532. The highest BCUT2D eigenvalue weighted by atomic mass is 16.5. The van der Waals surface area contributed by atoms with Gasteiger partial charge in [0, 0.05) is 37.3 Å². The van der Waals surface area contributed by atoms with Crippen LogP contribution in [-0.2, 0) is 11.3 Å². The van der Waals surface area contributed by atoms with Crippen LogP contribution in [0.1, 0.15) is 44.6 Å². The molecule has 1 heterocycles. The molecule has 5 heteroatoms. The zero-order valence-electron chi connectivity index (χ0n) is 14.5. The lowest BCUT2D eigenvalue weighted by molar-refractivity contribution is 0.0549. The van der Waals surface area contributed by atoms with Crippen LogP contribution in [0.15, 0.2) is 24.3 Å². The predicted molar refractivity (Wildman–Crippen MR) is 96.1 cm³/mol. The maximum atomic E-state index is 12.2. The minimum atomic E-state index is -0.0688. The number of ether oxygens (including phenoxy) is 1. The Hall–Kier alpha value is -1.75. The highest BCUT2D eigenvalue weighted by molar-refractivity contribution is 5.74. The molecule has 1 aromatic rings. The fourth-order valence-corrected chi connectivity index (χ4v) is 3.77. The Balaban J connectivity index is 1.43. The van der Waals surface area contributed by atoms with Crippen LogP contribution in [0.2, 0.25) is 0 Å². The minimum absolute atomic E-state index is 0.0688. The fourth-order valence-electron chi connectivity index (χ4n) is 3.77. The van der Waals surface area contributed by atoms with Gasteiger partial charge >= 0.3 is 6.03 Å². The Labute approximate surface area is 144 Å². The maximum absolute atomic E-state index is 12.2. The molecule has 0 spiro atoms. The van der Waals surface area contributed by atoms with Gasteiger partial charge in [-0.15, -0.1) is 0 Å². The first-order valence-electron chi connectivity index (χ1n) is 9.25. The average molecular weight is 331 g/mol. The van der Waals surface area contributed by atoms with Crippen molar-refractivity contribution < 1.29 is 9.53 Å². The molecule has 3 rings (SSSR count). The van der Waals surface area contributed by atoms with Gasteiger partial charge in [-0.3, -0.25) is 0 Å². The Morgan fingerprint density at radius 1 is 1.21 bits per heavy atom. The van der Waals surface area contributed by atoms with Gasteiger partial charge in [0.2, 0.25) is 0 Å². The van der Waals surface area contributed by atoms with E-state index in [0.29, 0.717) is 18.6 Å². The zero-order chi connectivity index (χ0) is 16.8. The molecule has 5 nitrogen and oxygen atoms in total. The number of carbonyl (C=O) groups excluding carboxylic acids is 1.